The van der Waals surface area contributed by atoms with Gasteiger partial charge in [-0.1, -0.05) is 18.7 Å². The first-order valence-electron chi connectivity index (χ1n) is 3.76. The van der Waals surface area contributed by atoms with E-state index < -0.39 is 0 Å². The molecule has 0 saturated carbocycles. The second-order valence-corrected chi connectivity index (χ2v) is 3.64. The number of thioether (sulfide) groups is 1. The van der Waals surface area contributed by atoms with Crippen molar-refractivity contribution in [3.05, 3.63) is 10.6 Å². The molecule has 0 spiro atoms. The molecule has 1 heterocycles. The van der Waals surface area contributed by atoms with Gasteiger partial charge >= 0.3 is 0 Å². The lowest BCUT2D eigenvalue weighted by atomic mass is 10.2. The largest absolute Gasteiger partial charge is 0.309 e. The van der Waals surface area contributed by atoms with Crippen LogP contribution in [-0.2, 0) is 4.79 Å². The van der Waals surface area contributed by atoms with Crippen molar-refractivity contribution >= 4 is 17.7 Å². The van der Waals surface area contributed by atoms with E-state index in [0.717, 1.165) is 11.4 Å². The minimum absolute atomic E-state index is 0.220. The van der Waals surface area contributed by atoms with Gasteiger partial charge < -0.3 is 4.90 Å². The molecular formula is C8H13NOS. The standard InChI is InChI=1S/C8H13NOS/c1-4-6(2)8-9(3)7(10)5-11-8/h4-5H2,1-3H3/b8-6+. The minimum Gasteiger partial charge on any atom is -0.309 e. The van der Waals surface area contributed by atoms with Crippen LogP contribution in [0.5, 0.6) is 0 Å². The summed E-state index contributed by atoms with van der Waals surface area (Å²) < 4.78 is 0. The summed E-state index contributed by atoms with van der Waals surface area (Å²) in [6.07, 6.45) is 1.03. The molecule has 1 aliphatic rings. The molecule has 0 aliphatic carbocycles. The molecule has 0 aromatic heterocycles. The average molecular weight is 171 g/mol. The maximum Gasteiger partial charge on any atom is 0.237 e. The summed E-state index contributed by atoms with van der Waals surface area (Å²) in [5.41, 5.74) is 1.31. The summed E-state index contributed by atoms with van der Waals surface area (Å²) in [5, 5.41) is 1.15. The van der Waals surface area contributed by atoms with Crippen molar-refractivity contribution in [2.45, 2.75) is 20.3 Å². The van der Waals surface area contributed by atoms with E-state index in [4.69, 9.17) is 0 Å². The van der Waals surface area contributed by atoms with Crippen molar-refractivity contribution in [2.75, 3.05) is 12.8 Å². The zero-order chi connectivity index (χ0) is 8.43. The molecule has 0 N–H and O–H groups in total. The molecule has 3 heteroatoms. The number of nitrogens with zero attached hydrogens (tertiary/aromatic N) is 1. The lowest BCUT2D eigenvalue weighted by Gasteiger charge is -2.11. The fourth-order valence-corrected chi connectivity index (χ4v) is 2.14. The first-order valence-corrected chi connectivity index (χ1v) is 4.74. The van der Waals surface area contributed by atoms with Gasteiger partial charge in [0, 0.05) is 7.05 Å². The van der Waals surface area contributed by atoms with Crippen LogP contribution in [0.2, 0.25) is 0 Å². The Hall–Kier alpha value is -0.440. The second kappa shape index (κ2) is 3.30. The highest BCUT2D eigenvalue weighted by Crippen LogP contribution is 2.30. The summed E-state index contributed by atoms with van der Waals surface area (Å²) in [4.78, 5) is 12.8. The third-order valence-electron chi connectivity index (χ3n) is 1.91. The van der Waals surface area contributed by atoms with E-state index in [1.54, 1.807) is 16.7 Å². The van der Waals surface area contributed by atoms with Gasteiger partial charge in [-0.15, -0.1) is 0 Å². The van der Waals surface area contributed by atoms with Gasteiger partial charge in [0.2, 0.25) is 5.91 Å². The maximum absolute atomic E-state index is 11.1. The SMILES string of the molecule is CC/C(C)=C1/SCC(=O)N1C. The molecule has 1 aliphatic heterocycles. The average Bonchev–Trinajstić information content (AvgIpc) is 2.32. The zero-order valence-electron chi connectivity index (χ0n) is 7.18. The molecule has 1 saturated heterocycles. The first kappa shape index (κ1) is 8.65. The molecule has 0 aromatic carbocycles. The predicted octanol–water partition coefficient (Wildman–Crippen LogP) is 1.83. The first-order chi connectivity index (χ1) is 5.16. The molecule has 0 aromatic rings. The van der Waals surface area contributed by atoms with E-state index in [1.165, 1.54) is 5.57 Å². The predicted molar refractivity (Wildman–Crippen MR) is 48.2 cm³/mol. The van der Waals surface area contributed by atoms with Crippen LogP contribution in [0.4, 0.5) is 0 Å². The molecule has 1 fully saturated rings. The van der Waals surface area contributed by atoms with Crippen LogP contribution in [0.15, 0.2) is 10.6 Å². The molecule has 0 bridgehead atoms. The van der Waals surface area contributed by atoms with Gasteiger partial charge in [-0.05, 0) is 18.9 Å². The Balaban J connectivity index is 2.83. The Labute approximate surface area is 71.6 Å². The van der Waals surface area contributed by atoms with E-state index in [2.05, 4.69) is 13.8 Å². The van der Waals surface area contributed by atoms with E-state index in [0.29, 0.717) is 5.75 Å². The molecule has 0 unspecified atom stereocenters. The summed E-state index contributed by atoms with van der Waals surface area (Å²) in [7, 11) is 1.84. The molecule has 2 nitrogen and oxygen atoms in total. The highest BCUT2D eigenvalue weighted by molar-refractivity contribution is 8.04. The fourth-order valence-electron chi connectivity index (χ4n) is 0.998. The molecular weight excluding hydrogens is 158 g/mol. The zero-order valence-corrected chi connectivity index (χ0v) is 7.99. The smallest absolute Gasteiger partial charge is 0.237 e. The summed E-state index contributed by atoms with van der Waals surface area (Å²) in [5.74, 6) is 0.834. The van der Waals surface area contributed by atoms with Crippen LogP contribution < -0.4 is 0 Å². The van der Waals surface area contributed by atoms with Gasteiger partial charge in [-0.25, -0.2) is 0 Å². The number of hydrogen-bond donors (Lipinski definition) is 0. The van der Waals surface area contributed by atoms with Crippen LogP contribution in [0, 0.1) is 0 Å². The van der Waals surface area contributed by atoms with Gasteiger partial charge in [-0.2, -0.15) is 0 Å². The van der Waals surface area contributed by atoms with Crippen LogP contribution in [0.25, 0.3) is 0 Å². The van der Waals surface area contributed by atoms with Gasteiger partial charge in [-0.3, -0.25) is 4.79 Å². The monoisotopic (exact) mass is 171 g/mol. The van der Waals surface area contributed by atoms with Crippen molar-refractivity contribution in [1.29, 1.82) is 0 Å². The normalized spacial score (nSPS) is 22.8. The van der Waals surface area contributed by atoms with Crippen molar-refractivity contribution < 1.29 is 4.79 Å². The third kappa shape index (κ3) is 1.59. The molecule has 62 valence electrons. The Morgan fingerprint density at radius 2 is 2.36 bits per heavy atom. The van der Waals surface area contributed by atoms with Gasteiger partial charge in [0.05, 0.1) is 10.8 Å². The molecule has 0 radical (unpaired) electrons. The van der Waals surface area contributed by atoms with E-state index in [1.807, 2.05) is 7.05 Å². The lowest BCUT2D eigenvalue weighted by molar-refractivity contribution is -0.124. The van der Waals surface area contributed by atoms with E-state index in [-0.39, 0.29) is 5.91 Å². The van der Waals surface area contributed by atoms with Crippen molar-refractivity contribution in [1.82, 2.24) is 4.90 Å². The third-order valence-corrected chi connectivity index (χ3v) is 3.19. The van der Waals surface area contributed by atoms with Crippen LogP contribution in [0.3, 0.4) is 0 Å². The second-order valence-electron chi connectivity index (χ2n) is 2.68. The Kier molecular flexibility index (Phi) is 2.60. The number of carbonyl (C=O) groups is 1. The summed E-state index contributed by atoms with van der Waals surface area (Å²) in [6.45, 7) is 4.19. The number of hydrogen-bond acceptors (Lipinski definition) is 2. The summed E-state index contributed by atoms with van der Waals surface area (Å²) in [6, 6.07) is 0. The van der Waals surface area contributed by atoms with Crippen molar-refractivity contribution in [3.8, 4) is 0 Å². The highest BCUT2D eigenvalue weighted by atomic mass is 32.2. The van der Waals surface area contributed by atoms with Gasteiger partial charge in [0.1, 0.15) is 0 Å². The Morgan fingerprint density at radius 1 is 1.73 bits per heavy atom. The van der Waals surface area contributed by atoms with Crippen LogP contribution in [-0.4, -0.2) is 23.6 Å². The van der Waals surface area contributed by atoms with Gasteiger partial charge in [0.15, 0.2) is 0 Å². The Morgan fingerprint density at radius 3 is 2.73 bits per heavy atom. The quantitative estimate of drug-likeness (QED) is 0.600. The number of rotatable bonds is 1. The molecule has 1 amide bonds. The maximum atomic E-state index is 11.1. The fraction of sp³-hybridized carbons (Fsp3) is 0.625. The van der Waals surface area contributed by atoms with E-state index >= 15 is 0 Å². The van der Waals surface area contributed by atoms with Gasteiger partial charge in [0.25, 0.3) is 0 Å². The minimum atomic E-state index is 0.220. The van der Waals surface area contributed by atoms with E-state index in [9.17, 15) is 4.79 Å². The Bertz CT molecular complexity index is 210. The molecule has 0 atom stereocenters. The molecule has 11 heavy (non-hydrogen) atoms. The summed E-state index contributed by atoms with van der Waals surface area (Å²) >= 11 is 1.65. The van der Waals surface area contributed by atoms with Crippen LogP contribution >= 0.6 is 11.8 Å². The topological polar surface area (TPSA) is 20.3 Å². The molecule has 1 rings (SSSR count). The van der Waals surface area contributed by atoms with Crippen molar-refractivity contribution in [3.63, 3.8) is 0 Å². The van der Waals surface area contributed by atoms with Crippen molar-refractivity contribution in [2.24, 2.45) is 0 Å². The number of amides is 1. The lowest BCUT2D eigenvalue weighted by Crippen LogP contribution is -2.19. The highest BCUT2D eigenvalue weighted by Gasteiger charge is 2.23. The number of carbonyl (C=O) groups excluding carboxylic acids is 1. The van der Waals surface area contributed by atoms with Crippen LogP contribution in [0.1, 0.15) is 20.3 Å². The number of allylic oxidation sites excluding steroid dienone is 1.